The lowest BCUT2D eigenvalue weighted by molar-refractivity contribution is 0.101. The zero-order valence-corrected chi connectivity index (χ0v) is 14.5. The molecule has 0 saturated heterocycles. The minimum absolute atomic E-state index is 0.0722. The van der Waals surface area contributed by atoms with Gasteiger partial charge in [-0.2, -0.15) is 0 Å². The van der Waals surface area contributed by atoms with E-state index in [1.807, 2.05) is 13.8 Å². The molecule has 2 N–H and O–H groups in total. The monoisotopic (exact) mass is 366 g/mol. The molecule has 1 aromatic carbocycles. The normalized spacial score (nSPS) is 11.3. The summed E-state index contributed by atoms with van der Waals surface area (Å²) in [6.45, 7) is 3.78. The van der Waals surface area contributed by atoms with Crippen molar-refractivity contribution in [2.45, 2.75) is 19.8 Å². The topological polar surface area (TPSA) is 114 Å². The van der Waals surface area contributed by atoms with Crippen LogP contribution in [0.3, 0.4) is 0 Å². The first kappa shape index (κ1) is 16.8. The van der Waals surface area contributed by atoms with Crippen molar-refractivity contribution >= 4 is 22.9 Å². The SMILES string of the molecule is CC(C)c1nc(C(=O)Nc2ncnc3nc[nH]c23)nn1-c1ccccc1F. The Kier molecular flexibility index (Phi) is 4.07. The molecule has 3 heterocycles. The van der Waals surface area contributed by atoms with Crippen LogP contribution in [0.4, 0.5) is 10.2 Å². The Balaban J connectivity index is 1.72. The quantitative estimate of drug-likeness (QED) is 0.573. The van der Waals surface area contributed by atoms with Gasteiger partial charge in [-0.05, 0) is 12.1 Å². The molecule has 0 saturated carbocycles. The molecule has 3 aromatic heterocycles. The van der Waals surface area contributed by atoms with Crippen LogP contribution in [-0.4, -0.2) is 40.6 Å². The second kappa shape index (κ2) is 6.56. The number of hydrogen-bond acceptors (Lipinski definition) is 6. The van der Waals surface area contributed by atoms with E-state index in [2.05, 4.69) is 35.3 Å². The molecule has 4 rings (SSSR count). The predicted molar refractivity (Wildman–Crippen MR) is 95.0 cm³/mol. The van der Waals surface area contributed by atoms with Crippen molar-refractivity contribution in [2.24, 2.45) is 0 Å². The van der Waals surface area contributed by atoms with Crippen molar-refractivity contribution in [3.8, 4) is 5.69 Å². The third-order valence-corrected chi connectivity index (χ3v) is 3.89. The highest BCUT2D eigenvalue weighted by Gasteiger charge is 2.22. The van der Waals surface area contributed by atoms with Gasteiger partial charge in [0.15, 0.2) is 11.5 Å². The van der Waals surface area contributed by atoms with E-state index in [9.17, 15) is 9.18 Å². The number of anilines is 1. The second-order valence-corrected chi connectivity index (χ2v) is 6.09. The molecule has 27 heavy (non-hydrogen) atoms. The second-order valence-electron chi connectivity index (χ2n) is 6.09. The first-order valence-electron chi connectivity index (χ1n) is 8.22. The van der Waals surface area contributed by atoms with Gasteiger partial charge in [0.05, 0.1) is 6.33 Å². The highest BCUT2D eigenvalue weighted by molar-refractivity contribution is 6.04. The van der Waals surface area contributed by atoms with Crippen LogP contribution in [0.1, 0.15) is 36.2 Å². The minimum atomic E-state index is -0.568. The number of rotatable bonds is 4. The maximum atomic E-state index is 14.2. The number of fused-ring (bicyclic) bond motifs is 1. The molecule has 1 amide bonds. The fourth-order valence-electron chi connectivity index (χ4n) is 2.62. The van der Waals surface area contributed by atoms with Gasteiger partial charge >= 0.3 is 0 Å². The highest BCUT2D eigenvalue weighted by atomic mass is 19.1. The molecular formula is C17H15FN8O. The van der Waals surface area contributed by atoms with Crippen LogP contribution in [0, 0.1) is 5.82 Å². The molecular weight excluding hydrogens is 351 g/mol. The number of hydrogen-bond donors (Lipinski definition) is 2. The number of para-hydroxylation sites is 1. The van der Waals surface area contributed by atoms with Gasteiger partial charge in [0.25, 0.3) is 5.91 Å². The maximum Gasteiger partial charge on any atom is 0.296 e. The third-order valence-electron chi connectivity index (χ3n) is 3.89. The first-order chi connectivity index (χ1) is 13.0. The number of aromatic amines is 1. The van der Waals surface area contributed by atoms with E-state index in [-0.39, 0.29) is 23.2 Å². The molecule has 0 fully saturated rings. The summed E-state index contributed by atoms with van der Waals surface area (Å²) in [5, 5.41) is 6.85. The van der Waals surface area contributed by atoms with E-state index < -0.39 is 11.7 Å². The van der Waals surface area contributed by atoms with E-state index in [1.54, 1.807) is 18.2 Å². The molecule has 0 aliphatic carbocycles. The van der Waals surface area contributed by atoms with Gasteiger partial charge in [0.1, 0.15) is 29.2 Å². The van der Waals surface area contributed by atoms with Crippen LogP contribution in [0.25, 0.3) is 16.9 Å². The average Bonchev–Trinajstić information content (AvgIpc) is 3.30. The fourth-order valence-corrected chi connectivity index (χ4v) is 2.62. The lowest BCUT2D eigenvalue weighted by Crippen LogP contribution is -2.15. The molecule has 0 aliphatic heterocycles. The van der Waals surface area contributed by atoms with Crippen molar-refractivity contribution < 1.29 is 9.18 Å². The number of benzene rings is 1. The molecule has 136 valence electrons. The molecule has 0 atom stereocenters. The van der Waals surface area contributed by atoms with Gasteiger partial charge in [-0.15, -0.1) is 5.10 Å². The first-order valence-corrected chi connectivity index (χ1v) is 8.22. The zero-order chi connectivity index (χ0) is 19.0. The number of imidazole rings is 1. The number of amides is 1. The Morgan fingerprint density at radius 3 is 2.81 bits per heavy atom. The summed E-state index contributed by atoms with van der Waals surface area (Å²) in [5.41, 5.74) is 1.14. The molecule has 10 heteroatoms. The summed E-state index contributed by atoms with van der Waals surface area (Å²) >= 11 is 0. The number of aromatic nitrogens is 7. The zero-order valence-electron chi connectivity index (χ0n) is 14.5. The number of carbonyl (C=O) groups excluding carboxylic acids is 1. The average molecular weight is 366 g/mol. The smallest absolute Gasteiger partial charge is 0.296 e. The van der Waals surface area contributed by atoms with Crippen LogP contribution >= 0.6 is 0 Å². The van der Waals surface area contributed by atoms with Crippen molar-refractivity contribution in [2.75, 3.05) is 5.32 Å². The number of H-pyrrole nitrogens is 1. The highest BCUT2D eigenvalue weighted by Crippen LogP contribution is 2.20. The predicted octanol–water partition coefficient (Wildman–Crippen LogP) is 2.45. The van der Waals surface area contributed by atoms with Gasteiger partial charge in [0.2, 0.25) is 5.82 Å². The number of carbonyl (C=O) groups is 1. The standard InChI is InChI=1S/C17H15FN8O/c1-9(2)16-23-15(25-26(16)11-6-4-3-5-10(11)18)17(27)24-14-12-13(20-7-19-12)21-8-22-14/h3-9H,1-2H3,(H2,19,20,21,22,24,27). The van der Waals surface area contributed by atoms with Crippen molar-refractivity contribution in [1.29, 1.82) is 0 Å². The largest absolute Gasteiger partial charge is 0.340 e. The van der Waals surface area contributed by atoms with Gasteiger partial charge in [-0.25, -0.2) is 29.0 Å². The van der Waals surface area contributed by atoms with Crippen LogP contribution < -0.4 is 5.32 Å². The van der Waals surface area contributed by atoms with Crippen molar-refractivity contribution in [3.63, 3.8) is 0 Å². The molecule has 0 bridgehead atoms. The molecule has 0 aliphatic rings. The Hall–Kier alpha value is -3.69. The van der Waals surface area contributed by atoms with Gasteiger partial charge in [-0.3, -0.25) is 4.79 Å². The molecule has 0 radical (unpaired) electrons. The van der Waals surface area contributed by atoms with Gasteiger partial charge in [-0.1, -0.05) is 26.0 Å². The van der Waals surface area contributed by atoms with E-state index in [0.29, 0.717) is 17.0 Å². The van der Waals surface area contributed by atoms with E-state index >= 15 is 0 Å². The molecule has 9 nitrogen and oxygen atoms in total. The van der Waals surface area contributed by atoms with Crippen LogP contribution in [0.5, 0.6) is 0 Å². The summed E-state index contributed by atoms with van der Waals surface area (Å²) in [5.74, 6) is -0.450. The lowest BCUT2D eigenvalue weighted by Gasteiger charge is -2.08. The number of nitrogens with zero attached hydrogens (tertiary/aromatic N) is 6. The maximum absolute atomic E-state index is 14.2. The Morgan fingerprint density at radius 2 is 2.04 bits per heavy atom. The van der Waals surface area contributed by atoms with Crippen LogP contribution in [0.15, 0.2) is 36.9 Å². The van der Waals surface area contributed by atoms with Crippen molar-refractivity contribution in [3.05, 3.63) is 54.4 Å². The minimum Gasteiger partial charge on any atom is -0.340 e. The Morgan fingerprint density at radius 1 is 1.22 bits per heavy atom. The Labute approximate surface area is 152 Å². The van der Waals surface area contributed by atoms with E-state index in [4.69, 9.17) is 0 Å². The van der Waals surface area contributed by atoms with Crippen LogP contribution in [0.2, 0.25) is 0 Å². The summed E-state index contributed by atoms with van der Waals surface area (Å²) in [7, 11) is 0. The number of halogens is 1. The molecule has 4 aromatic rings. The summed E-state index contributed by atoms with van der Waals surface area (Å²) < 4.78 is 15.5. The summed E-state index contributed by atoms with van der Waals surface area (Å²) in [4.78, 5) is 31.9. The van der Waals surface area contributed by atoms with E-state index in [1.165, 1.54) is 23.4 Å². The van der Waals surface area contributed by atoms with E-state index in [0.717, 1.165) is 0 Å². The van der Waals surface area contributed by atoms with Crippen LogP contribution in [-0.2, 0) is 0 Å². The number of nitrogens with one attached hydrogen (secondary N) is 2. The van der Waals surface area contributed by atoms with Gasteiger partial charge in [0, 0.05) is 5.92 Å². The fraction of sp³-hybridized carbons (Fsp3) is 0.176. The molecule has 0 spiro atoms. The summed E-state index contributed by atoms with van der Waals surface area (Å²) in [6, 6.07) is 6.19. The van der Waals surface area contributed by atoms with Gasteiger partial charge < -0.3 is 10.3 Å². The third kappa shape index (κ3) is 3.01. The summed E-state index contributed by atoms with van der Waals surface area (Å²) in [6.07, 6.45) is 2.75. The van der Waals surface area contributed by atoms with Crippen molar-refractivity contribution in [1.82, 2.24) is 34.7 Å². The Bertz CT molecular complexity index is 1130. The molecule has 0 unspecified atom stereocenters. The lowest BCUT2D eigenvalue weighted by atomic mass is 10.2.